The van der Waals surface area contributed by atoms with Gasteiger partial charge in [-0.05, 0) is 38.5 Å². The molecule has 0 heterocycles. The molecule has 9 heteroatoms. The summed E-state index contributed by atoms with van der Waals surface area (Å²) in [6.07, 6.45) is 39.9. The van der Waals surface area contributed by atoms with Crippen LogP contribution in [0.5, 0.6) is 0 Å². The molecular weight excluding hydrogens is 719 g/mol. The zero-order valence-corrected chi connectivity index (χ0v) is 38.0. The summed E-state index contributed by atoms with van der Waals surface area (Å²) in [5.41, 5.74) is 0. The largest absolute Gasteiger partial charge is 0.545 e. The molecule has 0 aliphatic carbocycles. The summed E-state index contributed by atoms with van der Waals surface area (Å²) in [5.74, 6) is -2.28. The third-order valence-corrected chi connectivity index (χ3v) is 10.5. The number of allylic oxidation sites excluding steroid dienone is 2. The van der Waals surface area contributed by atoms with Gasteiger partial charge in [-0.15, -0.1) is 0 Å². The van der Waals surface area contributed by atoms with E-state index in [1.165, 1.54) is 154 Å². The molecule has 0 fully saturated rings. The summed E-state index contributed by atoms with van der Waals surface area (Å²) >= 11 is 0. The molecule has 0 aliphatic rings. The summed E-state index contributed by atoms with van der Waals surface area (Å²) < 4.78 is 22.5. The zero-order valence-electron chi connectivity index (χ0n) is 38.0. The first-order chi connectivity index (χ1) is 27.6. The summed E-state index contributed by atoms with van der Waals surface area (Å²) in [4.78, 5) is 36.8. The molecule has 0 rings (SSSR count). The van der Waals surface area contributed by atoms with E-state index >= 15 is 0 Å². The molecule has 0 aromatic rings. The van der Waals surface area contributed by atoms with Gasteiger partial charge in [0.2, 0.25) is 0 Å². The van der Waals surface area contributed by atoms with Gasteiger partial charge in [-0.3, -0.25) is 9.59 Å². The maximum absolute atomic E-state index is 12.7. The maximum atomic E-state index is 12.7. The van der Waals surface area contributed by atoms with E-state index < -0.39 is 24.3 Å². The predicted octanol–water partition coefficient (Wildman–Crippen LogP) is 11.3. The van der Waals surface area contributed by atoms with Crippen LogP contribution < -0.4 is 5.11 Å². The number of ether oxygens (including phenoxy) is 4. The molecule has 0 aromatic carbocycles. The number of quaternary nitrogens is 1. The zero-order chi connectivity index (χ0) is 42.1. The number of carboxylic acids is 1. The number of esters is 2. The highest BCUT2D eigenvalue weighted by molar-refractivity contribution is 5.70. The number of unbranched alkanes of at least 4 members (excludes halogenated alkanes) is 27. The van der Waals surface area contributed by atoms with E-state index in [4.69, 9.17) is 18.9 Å². The Bertz CT molecular complexity index is 949. The summed E-state index contributed by atoms with van der Waals surface area (Å²) in [6, 6.07) is 0. The third kappa shape index (κ3) is 42.0. The van der Waals surface area contributed by atoms with Crippen molar-refractivity contribution in [2.45, 2.75) is 232 Å². The van der Waals surface area contributed by atoms with Crippen LogP contribution in [0.3, 0.4) is 0 Å². The lowest BCUT2D eigenvalue weighted by molar-refractivity contribution is -0.870. The molecule has 0 radical (unpaired) electrons. The molecule has 0 spiro atoms. The molecule has 0 aromatic heterocycles. The van der Waals surface area contributed by atoms with Crippen molar-refractivity contribution in [3.05, 3.63) is 12.2 Å². The van der Waals surface area contributed by atoms with Crippen LogP contribution in [-0.2, 0) is 33.3 Å². The van der Waals surface area contributed by atoms with Crippen LogP contribution in [0, 0.1) is 0 Å². The second-order valence-electron chi connectivity index (χ2n) is 17.4. The van der Waals surface area contributed by atoms with Gasteiger partial charge in [0.1, 0.15) is 13.2 Å². The monoisotopic (exact) mass is 810 g/mol. The van der Waals surface area contributed by atoms with Crippen LogP contribution in [0.15, 0.2) is 12.2 Å². The van der Waals surface area contributed by atoms with Crippen LogP contribution in [0.4, 0.5) is 0 Å². The van der Waals surface area contributed by atoms with Crippen molar-refractivity contribution in [3.63, 3.8) is 0 Å². The molecule has 9 nitrogen and oxygen atoms in total. The van der Waals surface area contributed by atoms with E-state index in [0.29, 0.717) is 17.4 Å². The van der Waals surface area contributed by atoms with Crippen LogP contribution in [0.2, 0.25) is 0 Å². The van der Waals surface area contributed by atoms with E-state index in [2.05, 4.69) is 26.0 Å². The van der Waals surface area contributed by atoms with Crippen molar-refractivity contribution >= 4 is 17.9 Å². The van der Waals surface area contributed by atoms with Gasteiger partial charge in [-0.1, -0.05) is 180 Å². The molecule has 0 amide bonds. The first-order valence-electron chi connectivity index (χ1n) is 23.8. The minimum atomic E-state index is -1.61. The molecule has 2 unspecified atom stereocenters. The first kappa shape index (κ1) is 55.0. The molecule has 0 bridgehead atoms. The SMILES string of the molecule is CCCCCCCCCC/C=C\CCCCCCCCCCCCCCCC(=O)OC(COC(=O)CCCCCCCCC)COC(OCC[N+](C)(C)C)C(=O)[O-]. The number of rotatable bonds is 44. The van der Waals surface area contributed by atoms with Gasteiger partial charge in [0.25, 0.3) is 0 Å². The first-order valence-corrected chi connectivity index (χ1v) is 23.8. The molecule has 0 saturated heterocycles. The summed E-state index contributed by atoms with van der Waals surface area (Å²) in [7, 11) is 5.91. The van der Waals surface area contributed by atoms with E-state index in [9.17, 15) is 19.5 Å². The Kier molecular flexibility index (Phi) is 39.4. The average Bonchev–Trinajstić information content (AvgIpc) is 3.17. The minimum absolute atomic E-state index is 0.151. The normalized spacial score (nSPS) is 12.9. The van der Waals surface area contributed by atoms with E-state index in [-0.39, 0.29) is 32.2 Å². The van der Waals surface area contributed by atoms with Crippen LogP contribution in [0.25, 0.3) is 0 Å². The number of carboxylic acid groups (broad SMARTS) is 1. The Morgan fingerprint density at radius 2 is 0.895 bits per heavy atom. The molecular formula is C48H91NO8. The average molecular weight is 810 g/mol. The summed E-state index contributed by atoms with van der Waals surface area (Å²) in [6.45, 7) is 4.71. The molecule has 0 N–H and O–H groups in total. The highest BCUT2D eigenvalue weighted by Crippen LogP contribution is 2.15. The highest BCUT2D eigenvalue weighted by Gasteiger charge is 2.21. The van der Waals surface area contributed by atoms with Gasteiger partial charge in [-0.2, -0.15) is 0 Å². The van der Waals surface area contributed by atoms with E-state index in [0.717, 1.165) is 38.5 Å². The van der Waals surface area contributed by atoms with Crippen molar-refractivity contribution < 1.29 is 42.9 Å². The minimum Gasteiger partial charge on any atom is -0.545 e. The second kappa shape index (κ2) is 40.8. The Labute approximate surface area is 351 Å². The number of likely N-dealkylation sites (N-methyl/N-ethyl adjacent to an activating group) is 1. The highest BCUT2D eigenvalue weighted by atomic mass is 16.7. The third-order valence-electron chi connectivity index (χ3n) is 10.5. The predicted molar refractivity (Wildman–Crippen MR) is 233 cm³/mol. The van der Waals surface area contributed by atoms with Gasteiger partial charge in [0, 0.05) is 12.8 Å². The Hall–Kier alpha value is -1.97. The molecule has 336 valence electrons. The van der Waals surface area contributed by atoms with Gasteiger partial charge in [0.05, 0.1) is 40.3 Å². The lowest BCUT2D eigenvalue weighted by Gasteiger charge is -2.26. The van der Waals surface area contributed by atoms with Crippen molar-refractivity contribution in [1.29, 1.82) is 0 Å². The van der Waals surface area contributed by atoms with Crippen molar-refractivity contribution in [2.24, 2.45) is 0 Å². The van der Waals surface area contributed by atoms with E-state index in [1.807, 2.05) is 21.1 Å². The van der Waals surface area contributed by atoms with Crippen molar-refractivity contribution in [3.8, 4) is 0 Å². The van der Waals surface area contributed by atoms with Crippen LogP contribution >= 0.6 is 0 Å². The fourth-order valence-electron chi connectivity index (χ4n) is 6.77. The number of hydrogen-bond acceptors (Lipinski definition) is 8. The molecule has 2 atom stereocenters. The van der Waals surface area contributed by atoms with Crippen molar-refractivity contribution in [2.75, 3.05) is 47.5 Å². The van der Waals surface area contributed by atoms with Gasteiger partial charge in [0.15, 0.2) is 12.4 Å². The van der Waals surface area contributed by atoms with Crippen LogP contribution in [-0.4, -0.2) is 82.3 Å². The molecule has 0 aliphatic heterocycles. The Morgan fingerprint density at radius 1 is 0.509 bits per heavy atom. The summed E-state index contributed by atoms with van der Waals surface area (Å²) in [5, 5.41) is 11.7. The number of hydrogen-bond donors (Lipinski definition) is 0. The number of aliphatic carboxylic acids is 1. The van der Waals surface area contributed by atoms with Crippen molar-refractivity contribution in [1.82, 2.24) is 0 Å². The number of carbonyl (C=O) groups excluding carboxylic acids is 3. The smallest absolute Gasteiger partial charge is 0.306 e. The Balaban J connectivity index is 4.13. The number of carbonyl (C=O) groups is 3. The second-order valence-corrected chi connectivity index (χ2v) is 17.4. The topological polar surface area (TPSA) is 111 Å². The standard InChI is InChI=1S/C48H91NO8/c1-6-8-10-12-14-15-16-17-18-19-20-21-22-23-24-25-26-27-28-29-30-31-33-35-37-39-46(51)57-44(42-55-45(50)38-36-34-32-13-11-9-7-2)43-56-48(47(52)53)54-41-40-49(3,4)5/h19-20,44,48H,6-18,21-43H2,1-5H3/b20-19-. The van der Waals surface area contributed by atoms with E-state index in [1.54, 1.807) is 0 Å². The van der Waals surface area contributed by atoms with Gasteiger partial charge >= 0.3 is 11.9 Å². The fraction of sp³-hybridized carbons (Fsp3) is 0.896. The lowest BCUT2D eigenvalue weighted by atomic mass is 10.0. The number of nitrogens with zero attached hydrogens (tertiary/aromatic N) is 1. The quantitative estimate of drug-likeness (QED) is 0.0197. The molecule has 0 saturated carbocycles. The van der Waals surface area contributed by atoms with Gasteiger partial charge in [-0.25, -0.2) is 0 Å². The molecule has 57 heavy (non-hydrogen) atoms. The van der Waals surface area contributed by atoms with Gasteiger partial charge < -0.3 is 33.3 Å². The Morgan fingerprint density at radius 3 is 1.30 bits per heavy atom. The maximum Gasteiger partial charge on any atom is 0.306 e. The fourth-order valence-corrected chi connectivity index (χ4v) is 6.77. The lowest BCUT2D eigenvalue weighted by Crippen LogP contribution is -2.44. The van der Waals surface area contributed by atoms with Crippen LogP contribution in [0.1, 0.15) is 219 Å².